The highest BCUT2D eigenvalue weighted by Crippen LogP contribution is 2.35. The number of benzene rings is 3. The summed E-state index contributed by atoms with van der Waals surface area (Å²) in [7, 11) is 1.51. The van der Waals surface area contributed by atoms with E-state index in [2.05, 4.69) is 12.6 Å². The molecule has 0 bridgehead atoms. The fraction of sp³-hybridized carbons (Fsp3) is 0.115. The monoisotopic (exact) mass is 444 g/mol. The van der Waals surface area contributed by atoms with Gasteiger partial charge in [0.15, 0.2) is 11.5 Å². The first kappa shape index (κ1) is 23.2. The van der Waals surface area contributed by atoms with Crippen LogP contribution in [-0.2, 0) is 13.0 Å². The minimum Gasteiger partial charge on any atom is -0.493 e. The van der Waals surface area contributed by atoms with Gasteiger partial charge in [-0.2, -0.15) is 5.26 Å². The van der Waals surface area contributed by atoms with E-state index in [0.29, 0.717) is 40.2 Å². The van der Waals surface area contributed by atoms with Crippen molar-refractivity contribution in [1.29, 1.82) is 5.26 Å². The zero-order valence-corrected chi connectivity index (χ0v) is 18.0. The molecule has 0 heterocycles. The zero-order valence-electron chi connectivity index (χ0n) is 18.0. The van der Waals surface area contributed by atoms with E-state index in [1.807, 2.05) is 6.07 Å². The Morgan fingerprint density at radius 2 is 1.97 bits per heavy atom. The molecule has 0 amide bonds. The Bertz CT molecular complexity index is 1240. The summed E-state index contributed by atoms with van der Waals surface area (Å²) in [5.41, 5.74) is 3.06. The van der Waals surface area contributed by atoms with Gasteiger partial charge in [-0.15, -0.1) is 6.58 Å². The lowest BCUT2D eigenvalue weighted by Crippen LogP contribution is -2.02. The quantitative estimate of drug-likeness (QED) is 0.131. The van der Waals surface area contributed by atoms with Crippen molar-refractivity contribution in [2.24, 2.45) is 0 Å². The number of nitro benzene ring substituents is 1. The molecule has 3 aromatic rings. The molecule has 0 unspecified atom stereocenters. The third kappa shape index (κ3) is 5.83. The molecule has 0 fully saturated rings. The molecular weight excluding hydrogens is 423 g/mol. The van der Waals surface area contributed by atoms with Crippen molar-refractivity contribution in [3.05, 3.63) is 112 Å². The minimum absolute atomic E-state index is 0.0142. The highest BCUT2D eigenvalue weighted by Gasteiger charge is 2.14. The van der Waals surface area contributed by atoms with Crippen LogP contribution in [0.4, 0.5) is 10.1 Å². The average Bonchev–Trinajstić information content (AvgIpc) is 2.82. The first-order chi connectivity index (χ1) is 15.9. The van der Waals surface area contributed by atoms with Gasteiger partial charge in [-0.05, 0) is 53.5 Å². The van der Waals surface area contributed by atoms with Crippen LogP contribution in [0, 0.1) is 27.3 Å². The molecule has 33 heavy (non-hydrogen) atoms. The van der Waals surface area contributed by atoms with Crippen LogP contribution < -0.4 is 9.47 Å². The normalized spacial score (nSPS) is 10.9. The van der Waals surface area contributed by atoms with Gasteiger partial charge in [-0.1, -0.05) is 30.3 Å². The molecule has 3 rings (SSSR count). The van der Waals surface area contributed by atoms with Gasteiger partial charge in [-0.3, -0.25) is 10.1 Å². The summed E-state index contributed by atoms with van der Waals surface area (Å²) in [5.74, 6) is 0.556. The van der Waals surface area contributed by atoms with Gasteiger partial charge in [0.25, 0.3) is 5.69 Å². The number of ether oxygens (including phenoxy) is 2. The van der Waals surface area contributed by atoms with Crippen LogP contribution in [0.5, 0.6) is 11.5 Å². The number of hydrogen-bond acceptors (Lipinski definition) is 5. The first-order valence-electron chi connectivity index (χ1n) is 10.0. The van der Waals surface area contributed by atoms with Crippen molar-refractivity contribution >= 4 is 17.3 Å². The van der Waals surface area contributed by atoms with Gasteiger partial charge in [0.2, 0.25) is 0 Å². The largest absolute Gasteiger partial charge is 0.493 e. The van der Waals surface area contributed by atoms with E-state index in [1.54, 1.807) is 42.5 Å². The molecule has 6 nitrogen and oxygen atoms in total. The number of nitrogens with zero attached hydrogens (tertiary/aromatic N) is 2. The third-order valence-corrected chi connectivity index (χ3v) is 4.83. The second-order valence-corrected chi connectivity index (χ2v) is 7.10. The van der Waals surface area contributed by atoms with E-state index >= 15 is 0 Å². The fourth-order valence-corrected chi connectivity index (χ4v) is 3.28. The number of halogens is 1. The van der Waals surface area contributed by atoms with Crippen molar-refractivity contribution in [3.63, 3.8) is 0 Å². The van der Waals surface area contributed by atoms with Crippen molar-refractivity contribution in [2.45, 2.75) is 13.0 Å². The van der Waals surface area contributed by atoms with E-state index in [9.17, 15) is 19.8 Å². The Kier molecular flexibility index (Phi) is 7.55. The zero-order chi connectivity index (χ0) is 23.8. The summed E-state index contributed by atoms with van der Waals surface area (Å²) in [6.07, 6.45) is 3.88. The molecule has 0 spiro atoms. The second kappa shape index (κ2) is 10.7. The molecule has 0 aliphatic rings. The molecule has 0 N–H and O–H groups in total. The van der Waals surface area contributed by atoms with Gasteiger partial charge in [-0.25, -0.2) is 4.39 Å². The molecule has 0 atom stereocenters. The van der Waals surface area contributed by atoms with E-state index in [4.69, 9.17) is 9.47 Å². The Morgan fingerprint density at radius 3 is 2.61 bits per heavy atom. The van der Waals surface area contributed by atoms with Gasteiger partial charge >= 0.3 is 0 Å². The Morgan fingerprint density at radius 1 is 1.21 bits per heavy atom. The molecule has 0 aliphatic carbocycles. The predicted molar refractivity (Wildman–Crippen MR) is 124 cm³/mol. The molecular formula is C26H21FN2O4. The van der Waals surface area contributed by atoms with Crippen molar-refractivity contribution in [3.8, 4) is 17.6 Å². The summed E-state index contributed by atoms with van der Waals surface area (Å²) in [4.78, 5) is 10.6. The van der Waals surface area contributed by atoms with Crippen molar-refractivity contribution < 1.29 is 18.8 Å². The topological polar surface area (TPSA) is 85.4 Å². The van der Waals surface area contributed by atoms with Crippen molar-refractivity contribution in [1.82, 2.24) is 0 Å². The lowest BCUT2D eigenvalue weighted by atomic mass is 10.0. The molecule has 3 aromatic carbocycles. The number of hydrogen-bond donors (Lipinski definition) is 0. The molecule has 0 saturated carbocycles. The maximum Gasteiger partial charge on any atom is 0.269 e. The summed E-state index contributed by atoms with van der Waals surface area (Å²) in [6, 6.07) is 17.6. The van der Waals surface area contributed by atoms with Gasteiger partial charge in [0.05, 0.1) is 23.7 Å². The van der Waals surface area contributed by atoms with Crippen LogP contribution in [0.2, 0.25) is 0 Å². The van der Waals surface area contributed by atoms with Gasteiger partial charge in [0, 0.05) is 17.7 Å². The Labute approximate surface area is 191 Å². The SMILES string of the molecule is C=CCc1cc(/C=C(\C#N)c2ccc(F)cc2)cc(OC)c1OCc1cccc([N+](=O)[O-])c1. The number of allylic oxidation sites excluding steroid dienone is 2. The average molecular weight is 444 g/mol. The second-order valence-electron chi connectivity index (χ2n) is 7.10. The highest BCUT2D eigenvalue weighted by molar-refractivity contribution is 5.90. The van der Waals surface area contributed by atoms with E-state index in [-0.39, 0.29) is 18.1 Å². The minimum atomic E-state index is -0.456. The van der Waals surface area contributed by atoms with Crippen molar-refractivity contribution in [2.75, 3.05) is 7.11 Å². The molecule has 0 radical (unpaired) electrons. The maximum absolute atomic E-state index is 13.2. The molecule has 0 aromatic heterocycles. The highest BCUT2D eigenvalue weighted by atomic mass is 19.1. The van der Waals surface area contributed by atoms with Crippen LogP contribution in [0.15, 0.2) is 73.3 Å². The molecule has 166 valence electrons. The number of rotatable bonds is 9. The fourth-order valence-electron chi connectivity index (χ4n) is 3.28. The molecule has 7 heteroatoms. The van der Waals surface area contributed by atoms with Crippen LogP contribution in [-0.4, -0.2) is 12.0 Å². The van der Waals surface area contributed by atoms with E-state index in [0.717, 1.165) is 5.56 Å². The Hall–Kier alpha value is -4.44. The number of methoxy groups -OCH3 is 1. The first-order valence-corrected chi connectivity index (χ1v) is 10.0. The van der Waals surface area contributed by atoms with Crippen LogP contribution >= 0.6 is 0 Å². The lowest BCUT2D eigenvalue weighted by molar-refractivity contribution is -0.384. The van der Waals surface area contributed by atoms with E-state index in [1.165, 1.54) is 31.4 Å². The standard InChI is InChI=1S/C26H21FN2O4/c1-3-5-21-12-19(13-22(16-28)20-8-10-23(27)11-9-20)15-25(32-2)26(21)33-17-18-6-4-7-24(14-18)29(30)31/h3-4,6-15H,1,5,17H2,2H3/b22-13+. The van der Waals surface area contributed by atoms with Gasteiger partial charge in [0.1, 0.15) is 12.4 Å². The lowest BCUT2D eigenvalue weighted by Gasteiger charge is -2.16. The summed E-state index contributed by atoms with van der Waals surface area (Å²) >= 11 is 0. The van der Waals surface area contributed by atoms with Crippen LogP contribution in [0.1, 0.15) is 22.3 Å². The summed E-state index contributed by atoms with van der Waals surface area (Å²) < 4.78 is 24.8. The summed E-state index contributed by atoms with van der Waals surface area (Å²) in [6.45, 7) is 3.90. The number of nitro groups is 1. The summed E-state index contributed by atoms with van der Waals surface area (Å²) in [5, 5.41) is 20.6. The molecule has 0 aliphatic heterocycles. The maximum atomic E-state index is 13.2. The Balaban J connectivity index is 1.96. The smallest absolute Gasteiger partial charge is 0.269 e. The van der Waals surface area contributed by atoms with Crippen LogP contribution in [0.3, 0.4) is 0 Å². The number of non-ortho nitro benzene ring substituents is 1. The number of nitriles is 1. The van der Waals surface area contributed by atoms with Crippen LogP contribution in [0.25, 0.3) is 11.6 Å². The third-order valence-electron chi connectivity index (χ3n) is 4.83. The van der Waals surface area contributed by atoms with E-state index < -0.39 is 4.92 Å². The van der Waals surface area contributed by atoms with Gasteiger partial charge < -0.3 is 9.47 Å². The molecule has 0 saturated heterocycles. The predicted octanol–water partition coefficient (Wildman–Crippen LogP) is 6.11.